The van der Waals surface area contributed by atoms with Crippen molar-refractivity contribution < 1.29 is 9.53 Å². The zero-order chi connectivity index (χ0) is 16.4. The Morgan fingerprint density at radius 3 is 2.74 bits per heavy atom. The lowest BCUT2D eigenvalue weighted by molar-refractivity contribution is 0.0605. The van der Waals surface area contributed by atoms with Crippen molar-refractivity contribution in [3.05, 3.63) is 16.3 Å². The maximum atomic E-state index is 11.9. The SMILES string of the molecule is COC(=O)c1sc2nc(C)nc(NCCN3CCCC3)c2c1C. The smallest absolute Gasteiger partial charge is 0.348 e. The Kier molecular flexibility index (Phi) is 4.77. The number of likely N-dealkylation sites (tertiary alicyclic amines) is 1. The van der Waals surface area contributed by atoms with Crippen LogP contribution in [-0.2, 0) is 4.74 Å². The van der Waals surface area contributed by atoms with Gasteiger partial charge in [-0.15, -0.1) is 11.3 Å². The molecule has 1 fully saturated rings. The van der Waals surface area contributed by atoms with Gasteiger partial charge in [-0.25, -0.2) is 14.8 Å². The Balaban J connectivity index is 1.85. The summed E-state index contributed by atoms with van der Waals surface area (Å²) in [6.45, 7) is 8.02. The number of aryl methyl sites for hydroxylation is 2. The molecule has 6 nitrogen and oxygen atoms in total. The fourth-order valence-corrected chi connectivity index (χ4v) is 4.14. The minimum atomic E-state index is -0.314. The molecule has 1 N–H and O–H groups in total. The lowest BCUT2D eigenvalue weighted by Gasteiger charge is -2.15. The Bertz CT molecular complexity index is 722. The zero-order valence-electron chi connectivity index (χ0n) is 13.8. The molecule has 1 saturated heterocycles. The van der Waals surface area contributed by atoms with Crippen LogP contribution in [0.3, 0.4) is 0 Å². The number of ether oxygens (including phenoxy) is 1. The van der Waals surface area contributed by atoms with Crippen LogP contribution in [0.1, 0.15) is 33.9 Å². The molecule has 3 rings (SSSR count). The number of hydrogen-bond acceptors (Lipinski definition) is 7. The van der Waals surface area contributed by atoms with Crippen molar-refractivity contribution in [2.75, 3.05) is 38.6 Å². The van der Waals surface area contributed by atoms with Gasteiger partial charge in [0.1, 0.15) is 21.3 Å². The van der Waals surface area contributed by atoms with Crippen LogP contribution in [0.15, 0.2) is 0 Å². The molecular weight excluding hydrogens is 312 g/mol. The standard InChI is InChI=1S/C16H22N4O2S/c1-10-12-14(17-6-9-20-7-4-5-8-20)18-11(2)19-15(12)23-13(10)16(21)22-3/h4-9H2,1-3H3,(H,17,18,19). The highest BCUT2D eigenvalue weighted by Crippen LogP contribution is 2.34. The van der Waals surface area contributed by atoms with Crippen molar-refractivity contribution in [3.63, 3.8) is 0 Å². The highest BCUT2D eigenvalue weighted by molar-refractivity contribution is 7.20. The zero-order valence-corrected chi connectivity index (χ0v) is 14.6. The number of hydrogen-bond donors (Lipinski definition) is 1. The number of carbonyl (C=O) groups is 1. The van der Waals surface area contributed by atoms with Crippen LogP contribution in [0.4, 0.5) is 5.82 Å². The van der Waals surface area contributed by atoms with E-state index in [0.29, 0.717) is 10.7 Å². The van der Waals surface area contributed by atoms with E-state index in [4.69, 9.17) is 4.74 Å². The van der Waals surface area contributed by atoms with Crippen molar-refractivity contribution in [2.45, 2.75) is 26.7 Å². The van der Waals surface area contributed by atoms with E-state index >= 15 is 0 Å². The van der Waals surface area contributed by atoms with Crippen LogP contribution in [0.2, 0.25) is 0 Å². The van der Waals surface area contributed by atoms with Gasteiger partial charge < -0.3 is 15.0 Å². The Morgan fingerprint density at radius 2 is 2.04 bits per heavy atom. The van der Waals surface area contributed by atoms with Gasteiger partial charge in [0.15, 0.2) is 0 Å². The normalized spacial score (nSPS) is 15.3. The molecule has 124 valence electrons. The number of nitrogens with zero attached hydrogens (tertiary/aromatic N) is 3. The lowest BCUT2D eigenvalue weighted by Crippen LogP contribution is -2.26. The van der Waals surface area contributed by atoms with E-state index in [-0.39, 0.29) is 5.97 Å². The molecular formula is C16H22N4O2S. The molecule has 7 heteroatoms. The molecule has 23 heavy (non-hydrogen) atoms. The van der Waals surface area contributed by atoms with E-state index in [9.17, 15) is 4.79 Å². The van der Waals surface area contributed by atoms with Gasteiger partial charge in [-0.05, 0) is 45.3 Å². The lowest BCUT2D eigenvalue weighted by atomic mass is 10.2. The fourth-order valence-electron chi connectivity index (χ4n) is 3.00. The number of nitrogens with one attached hydrogen (secondary N) is 1. The van der Waals surface area contributed by atoms with Gasteiger partial charge in [0.25, 0.3) is 0 Å². The number of thiophene rings is 1. The van der Waals surface area contributed by atoms with E-state index in [0.717, 1.165) is 34.7 Å². The van der Waals surface area contributed by atoms with E-state index in [1.54, 1.807) is 0 Å². The van der Waals surface area contributed by atoms with Crippen LogP contribution in [0.5, 0.6) is 0 Å². The predicted octanol–water partition coefficient (Wildman–Crippen LogP) is 2.60. The number of aromatic nitrogens is 2. The molecule has 0 amide bonds. The van der Waals surface area contributed by atoms with Gasteiger partial charge in [0, 0.05) is 13.1 Å². The second kappa shape index (κ2) is 6.80. The monoisotopic (exact) mass is 334 g/mol. The van der Waals surface area contributed by atoms with Crippen LogP contribution >= 0.6 is 11.3 Å². The molecule has 2 aromatic heterocycles. The Morgan fingerprint density at radius 1 is 1.30 bits per heavy atom. The second-order valence-corrected chi connectivity index (χ2v) is 6.82. The van der Waals surface area contributed by atoms with Crippen LogP contribution in [0.25, 0.3) is 10.2 Å². The minimum Gasteiger partial charge on any atom is -0.465 e. The first-order valence-corrected chi connectivity index (χ1v) is 8.74. The van der Waals surface area contributed by atoms with Crippen LogP contribution in [-0.4, -0.2) is 54.1 Å². The third-order valence-electron chi connectivity index (χ3n) is 4.19. The molecule has 0 spiro atoms. The summed E-state index contributed by atoms with van der Waals surface area (Å²) in [5.41, 5.74) is 0.889. The van der Waals surface area contributed by atoms with Gasteiger partial charge in [0.05, 0.1) is 12.5 Å². The van der Waals surface area contributed by atoms with Crippen molar-refractivity contribution in [2.24, 2.45) is 0 Å². The molecule has 0 unspecified atom stereocenters. The minimum absolute atomic E-state index is 0.314. The van der Waals surface area contributed by atoms with E-state index in [2.05, 4.69) is 20.2 Å². The molecule has 0 radical (unpaired) electrons. The molecule has 0 aromatic carbocycles. The molecule has 0 atom stereocenters. The highest BCUT2D eigenvalue weighted by atomic mass is 32.1. The maximum absolute atomic E-state index is 11.9. The van der Waals surface area contributed by atoms with E-state index in [1.807, 2.05) is 13.8 Å². The van der Waals surface area contributed by atoms with Crippen molar-refractivity contribution in [1.29, 1.82) is 0 Å². The summed E-state index contributed by atoms with van der Waals surface area (Å²) in [4.78, 5) is 24.8. The van der Waals surface area contributed by atoms with Gasteiger partial charge in [-0.3, -0.25) is 0 Å². The van der Waals surface area contributed by atoms with Gasteiger partial charge in [-0.1, -0.05) is 0 Å². The van der Waals surface area contributed by atoms with Gasteiger partial charge in [-0.2, -0.15) is 0 Å². The average molecular weight is 334 g/mol. The van der Waals surface area contributed by atoms with E-state index < -0.39 is 0 Å². The summed E-state index contributed by atoms with van der Waals surface area (Å²) in [7, 11) is 1.40. The van der Waals surface area contributed by atoms with Gasteiger partial charge >= 0.3 is 5.97 Å². The third kappa shape index (κ3) is 3.30. The Hall–Kier alpha value is -1.73. The summed E-state index contributed by atoms with van der Waals surface area (Å²) in [6.07, 6.45) is 2.59. The summed E-state index contributed by atoms with van der Waals surface area (Å²) < 4.78 is 4.86. The molecule has 2 aromatic rings. The quantitative estimate of drug-likeness (QED) is 0.848. The number of anilines is 1. The average Bonchev–Trinajstić information content (AvgIpc) is 3.14. The van der Waals surface area contributed by atoms with Crippen LogP contribution < -0.4 is 5.32 Å². The summed E-state index contributed by atoms with van der Waals surface area (Å²) >= 11 is 1.37. The predicted molar refractivity (Wildman–Crippen MR) is 92.4 cm³/mol. The maximum Gasteiger partial charge on any atom is 0.348 e. The number of fused-ring (bicyclic) bond motifs is 1. The van der Waals surface area contributed by atoms with E-state index in [1.165, 1.54) is 44.4 Å². The first-order valence-electron chi connectivity index (χ1n) is 7.92. The molecule has 0 saturated carbocycles. The number of carbonyl (C=O) groups excluding carboxylic acids is 1. The molecule has 0 aliphatic carbocycles. The number of methoxy groups -OCH3 is 1. The third-order valence-corrected chi connectivity index (χ3v) is 5.36. The molecule has 1 aliphatic rings. The van der Waals surface area contributed by atoms with Crippen molar-refractivity contribution >= 4 is 33.3 Å². The molecule has 0 bridgehead atoms. The summed E-state index contributed by atoms with van der Waals surface area (Å²) in [5, 5.41) is 4.36. The van der Waals surface area contributed by atoms with Gasteiger partial charge in [0.2, 0.25) is 0 Å². The second-order valence-electron chi connectivity index (χ2n) is 5.82. The van der Waals surface area contributed by atoms with Crippen molar-refractivity contribution in [3.8, 4) is 0 Å². The van der Waals surface area contributed by atoms with Crippen LogP contribution in [0, 0.1) is 13.8 Å². The van der Waals surface area contributed by atoms with Crippen molar-refractivity contribution in [1.82, 2.24) is 14.9 Å². The molecule has 1 aliphatic heterocycles. The first-order chi connectivity index (χ1) is 11.1. The topological polar surface area (TPSA) is 67.3 Å². The first kappa shape index (κ1) is 16.1. The summed E-state index contributed by atoms with van der Waals surface area (Å²) in [5.74, 6) is 1.21. The number of rotatable bonds is 5. The molecule has 3 heterocycles. The summed E-state index contributed by atoms with van der Waals surface area (Å²) in [6, 6.07) is 0. The number of esters is 1. The Labute approximate surface area is 139 Å². The fraction of sp³-hybridized carbons (Fsp3) is 0.562. The highest BCUT2D eigenvalue weighted by Gasteiger charge is 2.20. The largest absolute Gasteiger partial charge is 0.465 e.